The number of halogens is 1. The summed E-state index contributed by atoms with van der Waals surface area (Å²) in [5.74, 6) is 1.84. The quantitative estimate of drug-likeness (QED) is 0.627. The second kappa shape index (κ2) is 7.95. The molecule has 8 heteroatoms. The highest BCUT2D eigenvalue weighted by atomic mass is 35.5. The molecule has 0 radical (unpaired) electrons. The van der Waals surface area contributed by atoms with Crippen LogP contribution in [-0.4, -0.2) is 39.7 Å². The van der Waals surface area contributed by atoms with Gasteiger partial charge in [0, 0.05) is 13.1 Å². The van der Waals surface area contributed by atoms with Gasteiger partial charge < -0.3 is 19.7 Å². The van der Waals surface area contributed by atoms with Crippen molar-refractivity contribution in [1.29, 1.82) is 0 Å². The topological polar surface area (TPSA) is 76.6 Å². The van der Waals surface area contributed by atoms with Crippen molar-refractivity contribution >= 4 is 29.2 Å². The van der Waals surface area contributed by atoms with Gasteiger partial charge in [-0.2, -0.15) is 0 Å². The van der Waals surface area contributed by atoms with E-state index < -0.39 is 5.60 Å². The maximum Gasteiger partial charge on any atom is 0.410 e. The molecule has 0 aliphatic carbocycles. The summed E-state index contributed by atoms with van der Waals surface area (Å²) >= 11 is 6.22. The standard InChI is InChI=1S/C22H27ClN4O3/c1-13-9-15(14-5-7-27(8-6-14)21(28)30-22(2,3)4)10-17-18(13)29-11-16-19(23)24-12-25-20(16)26-17/h9-10,12,14H,5-8,11H2,1-4H3,(H,24,25,26). The Morgan fingerprint density at radius 3 is 2.70 bits per heavy atom. The fraction of sp³-hybridized carbons (Fsp3) is 0.500. The van der Waals surface area contributed by atoms with E-state index >= 15 is 0 Å². The number of anilines is 2. The van der Waals surface area contributed by atoms with Gasteiger partial charge >= 0.3 is 6.09 Å². The minimum atomic E-state index is -0.476. The van der Waals surface area contributed by atoms with E-state index in [4.69, 9.17) is 21.1 Å². The van der Waals surface area contributed by atoms with E-state index in [1.165, 1.54) is 11.9 Å². The molecule has 0 saturated carbocycles. The number of nitrogens with one attached hydrogen (secondary N) is 1. The van der Waals surface area contributed by atoms with Gasteiger partial charge in [0.05, 0.1) is 11.3 Å². The molecule has 7 nitrogen and oxygen atoms in total. The molecule has 1 N–H and O–H groups in total. The second-order valence-electron chi connectivity index (χ2n) is 8.86. The van der Waals surface area contributed by atoms with Crippen molar-refractivity contribution in [2.75, 3.05) is 18.4 Å². The molecule has 3 heterocycles. The monoisotopic (exact) mass is 430 g/mol. The minimum absolute atomic E-state index is 0.234. The van der Waals surface area contributed by atoms with Crippen LogP contribution in [0.15, 0.2) is 18.5 Å². The van der Waals surface area contributed by atoms with Crippen LogP contribution in [0.1, 0.15) is 56.2 Å². The van der Waals surface area contributed by atoms with E-state index in [0.29, 0.717) is 36.6 Å². The van der Waals surface area contributed by atoms with Crippen LogP contribution in [0.5, 0.6) is 5.75 Å². The minimum Gasteiger partial charge on any atom is -0.486 e. The average Bonchev–Trinajstić information content (AvgIpc) is 2.87. The molecule has 0 atom stereocenters. The number of fused-ring (bicyclic) bond motifs is 2. The van der Waals surface area contributed by atoms with Crippen molar-refractivity contribution in [2.45, 2.75) is 58.7 Å². The summed E-state index contributed by atoms with van der Waals surface area (Å²) in [6, 6.07) is 4.30. The van der Waals surface area contributed by atoms with Gasteiger partial charge in [-0.3, -0.25) is 0 Å². The summed E-state index contributed by atoms with van der Waals surface area (Å²) < 4.78 is 11.5. The molecule has 0 spiro atoms. The zero-order valence-electron chi connectivity index (χ0n) is 17.8. The average molecular weight is 431 g/mol. The third kappa shape index (κ3) is 4.31. The highest BCUT2D eigenvalue weighted by Gasteiger charge is 2.29. The molecule has 1 fully saturated rings. The molecule has 4 rings (SSSR count). The Balaban J connectivity index is 1.51. The molecular weight excluding hydrogens is 404 g/mol. The predicted molar refractivity (Wildman–Crippen MR) is 116 cm³/mol. The van der Waals surface area contributed by atoms with Crippen LogP contribution in [-0.2, 0) is 11.3 Å². The van der Waals surface area contributed by atoms with Gasteiger partial charge in [0.25, 0.3) is 0 Å². The van der Waals surface area contributed by atoms with E-state index in [-0.39, 0.29) is 6.09 Å². The summed E-state index contributed by atoms with van der Waals surface area (Å²) in [4.78, 5) is 22.5. The zero-order chi connectivity index (χ0) is 21.5. The van der Waals surface area contributed by atoms with Gasteiger partial charge in [-0.25, -0.2) is 14.8 Å². The lowest BCUT2D eigenvalue weighted by Gasteiger charge is -2.34. The van der Waals surface area contributed by atoms with Gasteiger partial charge in [0.2, 0.25) is 0 Å². The van der Waals surface area contributed by atoms with Crippen molar-refractivity contribution in [3.8, 4) is 5.75 Å². The normalized spacial score (nSPS) is 16.6. The van der Waals surface area contributed by atoms with Crippen LogP contribution in [0, 0.1) is 6.92 Å². The van der Waals surface area contributed by atoms with Crippen LogP contribution in [0.3, 0.4) is 0 Å². The number of carbonyl (C=O) groups is 1. The molecule has 0 unspecified atom stereocenters. The van der Waals surface area contributed by atoms with Gasteiger partial charge in [-0.1, -0.05) is 17.7 Å². The Bertz CT molecular complexity index is 966. The maximum absolute atomic E-state index is 12.3. The number of likely N-dealkylation sites (tertiary alicyclic amines) is 1. The Kier molecular flexibility index (Phi) is 5.49. The van der Waals surface area contributed by atoms with Gasteiger partial charge in [0.1, 0.15) is 35.3 Å². The smallest absolute Gasteiger partial charge is 0.410 e. The molecular formula is C22H27ClN4O3. The number of hydrogen-bond donors (Lipinski definition) is 1. The molecule has 0 bridgehead atoms. The lowest BCUT2D eigenvalue weighted by Crippen LogP contribution is -2.41. The van der Waals surface area contributed by atoms with E-state index in [1.807, 2.05) is 27.7 Å². The van der Waals surface area contributed by atoms with E-state index in [2.05, 4.69) is 27.4 Å². The van der Waals surface area contributed by atoms with E-state index in [9.17, 15) is 4.79 Å². The van der Waals surface area contributed by atoms with Crippen molar-refractivity contribution in [3.05, 3.63) is 40.3 Å². The third-order valence-corrected chi connectivity index (χ3v) is 5.75. The van der Waals surface area contributed by atoms with Gasteiger partial charge in [-0.05, 0) is 63.6 Å². The summed E-state index contributed by atoms with van der Waals surface area (Å²) in [5.41, 5.74) is 3.45. The first-order chi connectivity index (χ1) is 14.2. The first kappa shape index (κ1) is 20.7. The number of piperidine rings is 1. The molecule has 1 saturated heterocycles. The number of aromatic nitrogens is 2. The van der Waals surface area contributed by atoms with Crippen LogP contribution in [0.2, 0.25) is 5.15 Å². The lowest BCUT2D eigenvalue weighted by atomic mass is 9.88. The molecule has 160 valence electrons. The molecule has 2 aromatic rings. The van der Waals surface area contributed by atoms with Crippen LogP contribution < -0.4 is 10.1 Å². The number of rotatable bonds is 1. The maximum atomic E-state index is 12.3. The fourth-order valence-electron chi connectivity index (χ4n) is 3.94. The van der Waals surface area contributed by atoms with Gasteiger partial charge in [-0.15, -0.1) is 0 Å². The molecule has 1 aromatic carbocycles. The summed E-state index contributed by atoms with van der Waals surface area (Å²) in [7, 11) is 0. The summed E-state index contributed by atoms with van der Waals surface area (Å²) in [6.07, 6.45) is 3.00. The highest BCUT2D eigenvalue weighted by molar-refractivity contribution is 6.30. The molecule has 1 amide bonds. The highest BCUT2D eigenvalue weighted by Crippen LogP contribution is 2.40. The van der Waals surface area contributed by atoms with Crippen molar-refractivity contribution in [3.63, 3.8) is 0 Å². The zero-order valence-corrected chi connectivity index (χ0v) is 18.5. The molecule has 30 heavy (non-hydrogen) atoms. The Morgan fingerprint density at radius 2 is 2.00 bits per heavy atom. The number of nitrogens with zero attached hydrogens (tertiary/aromatic N) is 3. The Hall–Kier alpha value is -2.54. The molecule has 2 aliphatic heterocycles. The van der Waals surface area contributed by atoms with Crippen molar-refractivity contribution < 1.29 is 14.3 Å². The Morgan fingerprint density at radius 1 is 1.27 bits per heavy atom. The van der Waals surface area contributed by atoms with Crippen molar-refractivity contribution in [2.24, 2.45) is 0 Å². The summed E-state index contributed by atoms with van der Waals surface area (Å²) in [5, 5.41) is 3.77. The number of aryl methyl sites for hydroxylation is 1. The second-order valence-corrected chi connectivity index (χ2v) is 9.22. The Labute approximate surface area is 181 Å². The van der Waals surface area contributed by atoms with E-state index in [1.54, 1.807) is 4.90 Å². The van der Waals surface area contributed by atoms with E-state index in [0.717, 1.165) is 35.4 Å². The SMILES string of the molecule is Cc1cc(C2CCN(C(=O)OC(C)(C)C)CC2)cc2c1OCc1c(Cl)ncnc1N2. The van der Waals surface area contributed by atoms with Crippen molar-refractivity contribution in [1.82, 2.24) is 14.9 Å². The number of hydrogen-bond acceptors (Lipinski definition) is 6. The largest absolute Gasteiger partial charge is 0.486 e. The first-order valence-corrected chi connectivity index (χ1v) is 10.6. The van der Waals surface area contributed by atoms with Crippen LogP contribution in [0.4, 0.5) is 16.3 Å². The van der Waals surface area contributed by atoms with Crippen LogP contribution in [0.25, 0.3) is 0 Å². The first-order valence-electron chi connectivity index (χ1n) is 10.2. The number of benzene rings is 1. The predicted octanol–water partition coefficient (Wildman–Crippen LogP) is 5.19. The molecule has 1 aromatic heterocycles. The number of carbonyl (C=O) groups excluding carboxylic acids is 1. The lowest BCUT2D eigenvalue weighted by molar-refractivity contribution is 0.0205. The van der Waals surface area contributed by atoms with Crippen LogP contribution >= 0.6 is 11.6 Å². The summed E-state index contributed by atoms with van der Waals surface area (Å²) in [6.45, 7) is 9.41. The number of amides is 1. The molecule has 2 aliphatic rings. The number of ether oxygens (including phenoxy) is 2. The fourth-order valence-corrected chi connectivity index (χ4v) is 4.13. The third-order valence-electron chi connectivity index (χ3n) is 5.42. The van der Waals surface area contributed by atoms with Gasteiger partial charge in [0.15, 0.2) is 0 Å².